The molecule has 170 valence electrons. The van der Waals surface area contributed by atoms with Gasteiger partial charge in [0, 0.05) is 18.3 Å². The number of hydrogen-bond acceptors (Lipinski definition) is 4. The van der Waals surface area contributed by atoms with Crippen molar-refractivity contribution in [3.8, 4) is 5.75 Å². The van der Waals surface area contributed by atoms with Crippen molar-refractivity contribution >= 4 is 11.6 Å². The molecule has 1 fully saturated rings. The number of nitrogens with zero attached hydrogens (tertiary/aromatic N) is 2. The van der Waals surface area contributed by atoms with E-state index in [9.17, 15) is 13.6 Å². The minimum absolute atomic E-state index is 0.148. The number of carbonyl (C=O) groups is 1. The van der Waals surface area contributed by atoms with Gasteiger partial charge in [0.05, 0.1) is 11.3 Å². The van der Waals surface area contributed by atoms with Crippen LogP contribution in [-0.2, 0) is 6.61 Å². The Morgan fingerprint density at radius 2 is 2.03 bits per heavy atom. The van der Waals surface area contributed by atoms with Gasteiger partial charge in [-0.1, -0.05) is 13.0 Å². The third kappa shape index (κ3) is 4.46. The molecule has 1 saturated carbocycles. The van der Waals surface area contributed by atoms with E-state index < -0.39 is 17.2 Å². The van der Waals surface area contributed by atoms with Gasteiger partial charge in [-0.05, 0) is 62.8 Å². The number of aromatic nitrogens is 2. The topological polar surface area (TPSA) is 81.6 Å². The van der Waals surface area contributed by atoms with Crippen molar-refractivity contribution in [2.75, 3.05) is 6.54 Å². The Morgan fingerprint density at radius 1 is 1.34 bits per heavy atom. The molecule has 1 amide bonds. The van der Waals surface area contributed by atoms with Crippen LogP contribution in [-0.4, -0.2) is 27.4 Å². The Kier molecular flexibility index (Phi) is 5.90. The lowest BCUT2D eigenvalue weighted by Gasteiger charge is -2.23. The number of nitrogens with one attached hydrogen (secondary N) is 1. The highest BCUT2D eigenvalue weighted by molar-refractivity contribution is 5.95. The van der Waals surface area contributed by atoms with Gasteiger partial charge >= 0.3 is 0 Å². The quantitative estimate of drug-likeness (QED) is 0.547. The van der Waals surface area contributed by atoms with Crippen molar-refractivity contribution in [2.24, 2.45) is 5.73 Å². The van der Waals surface area contributed by atoms with E-state index in [1.54, 1.807) is 11.3 Å². The summed E-state index contributed by atoms with van der Waals surface area (Å²) in [6.07, 6.45) is 4.71. The van der Waals surface area contributed by atoms with E-state index in [0.29, 0.717) is 35.2 Å². The van der Waals surface area contributed by atoms with E-state index >= 15 is 0 Å². The second kappa shape index (κ2) is 8.50. The van der Waals surface area contributed by atoms with Gasteiger partial charge in [-0.15, -0.1) is 0 Å². The Labute approximate surface area is 185 Å². The molecule has 1 aliphatic carbocycles. The average molecular weight is 443 g/mol. The number of amides is 1. The van der Waals surface area contributed by atoms with E-state index in [1.165, 1.54) is 18.2 Å². The molecule has 0 aliphatic heterocycles. The molecule has 1 unspecified atom stereocenters. The number of imidazole rings is 1. The number of carbonyl (C=O) groups excluding carboxylic acids is 1. The lowest BCUT2D eigenvalue weighted by Crippen LogP contribution is -2.47. The predicted octanol–water partition coefficient (Wildman–Crippen LogP) is 4.23. The molecule has 32 heavy (non-hydrogen) atoms. The first-order chi connectivity index (χ1) is 15.2. The molecule has 3 N–H and O–H groups in total. The zero-order chi connectivity index (χ0) is 23.0. The highest BCUT2D eigenvalue weighted by atomic mass is 19.1. The summed E-state index contributed by atoms with van der Waals surface area (Å²) in [7, 11) is 0. The fourth-order valence-corrected chi connectivity index (χ4v) is 3.58. The summed E-state index contributed by atoms with van der Waals surface area (Å²) in [5.74, 6) is -0.854. The zero-order valence-corrected chi connectivity index (χ0v) is 18.5. The van der Waals surface area contributed by atoms with Gasteiger partial charge in [-0.3, -0.25) is 9.20 Å². The highest BCUT2D eigenvalue weighted by Gasteiger charge is 2.28. The smallest absolute Gasteiger partial charge is 0.270 e. The van der Waals surface area contributed by atoms with Gasteiger partial charge < -0.3 is 15.8 Å². The predicted molar refractivity (Wildman–Crippen MR) is 118 cm³/mol. The maximum absolute atomic E-state index is 14.1. The second-order valence-electron chi connectivity index (χ2n) is 8.83. The molecule has 0 saturated heterocycles. The molecule has 2 heterocycles. The van der Waals surface area contributed by atoms with Crippen LogP contribution in [0.4, 0.5) is 8.78 Å². The largest absolute Gasteiger partial charge is 0.485 e. The summed E-state index contributed by atoms with van der Waals surface area (Å²) in [5.41, 5.74) is 7.87. The molecule has 0 bridgehead atoms. The van der Waals surface area contributed by atoms with Crippen molar-refractivity contribution in [2.45, 2.75) is 58.1 Å². The maximum Gasteiger partial charge on any atom is 0.270 e. The Balaban J connectivity index is 1.69. The van der Waals surface area contributed by atoms with E-state index in [0.717, 1.165) is 24.8 Å². The van der Waals surface area contributed by atoms with Crippen LogP contribution in [0.15, 0.2) is 30.5 Å². The monoisotopic (exact) mass is 442 g/mol. The second-order valence-corrected chi connectivity index (χ2v) is 8.83. The van der Waals surface area contributed by atoms with Gasteiger partial charge in [0.15, 0.2) is 11.4 Å². The van der Waals surface area contributed by atoms with Crippen LogP contribution < -0.4 is 15.8 Å². The number of nitrogens with two attached hydrogens (primary N) is 1. The van der Waals surface area contributed by atoms with Crippen LogP contribution in [0.1, 0.15) is 66.3 Å². The van der Waals surface area contributed by atoms with E-state index in [2.05, 4.69) is 10.3 Å². The third-order valence-corrected chi connectivity index (χ3v) is 6.04. The fourth-order valence-electron chi connectivity index (χ4n) is 3.58. The number of rotatable bonds is 8. The SMILES string of the molecule is CCC(C)(N)CNC(=O)c1c(C)nc2c(OCc3c(F)cccc3F)cc(C3CC3)cn12. The lowest BCUT2D eigenvalue weighted by molar-refractivity contribution is 0.0937. The number of ether oxygens (including phenoxy) is 1. The van der Waals surface area contributed by atoms with Gasteiger partial charge in [-0.25, -0.2) is 13.8 Å². The van der Waals surface area contributed by atoms with Crippen molar-refractivity contribution < 1.29 is 18.3 Å². The molecule has 0 radical (unpaired) electrons. The van der Waals surface area contributed by atoms with Crippen molar-refractivity contribution in [1.29, 1.82) is 0 Å². The lowest BCUT2D eigenvalue weighted by atomic mass is 10.0. The van der Waals surface area contributed by atoms with Crippen molar-refractivity contribution in [3.05, 3.63) is 64.6 Å². The maximum atomic E-state index is 14.1. The normalized spacial score (nSPS) is 15.6. The molecule has 1 aromatic carbocycles. The number of hydrogen-bond donors (Lipinski definition) is 2. The first-order valence-corrected chi connectivity index (χ1v) is 10.9. The van der Waals surface area contributed by atoms with Gasteiger partial charge in [0.25, 0.3) is 5.91 Å². The van der Waals surface area contributed by atoms with Crippen LogP contribution in [0.2, 0.25) is 0 Å². The van der Waals surface area contributed by atoms with Crippen molar-refractivity contribution in [1.82, 2.24) is 14.7 Å². The molecule has 2 aromatic heterocycles. The van der Waals surface area contributed by atoms with E-state index in [-0.39, 0.29) is 18.1 Å². The standard InChI is InChI=1S/C24H28F2N4O2/c1-4-24(3,27)13-28-23(31)21-14(2)29-22-20(10-16(11-30(21)22)15-8-9-15)32-12-17-18(25)6-5-7-19(17)26/h5-7,10-11,15H,4,8-9,12-13,27H2,1-3H3,(H,28,31). The van der Waals surface area contributed by atoms with Crippen LogP contribution in [0.25, 0.3) is 5.65 Å². The summed E-state index contributed by atoms with van der Waals surface area (Å²) in [6.45, 7) is 5.65. The van der Waals surface area contributed by atoms with Gasteiger partial charge in [0.2, 0.25) is 0 Å². The molecule has 3 aromatic rings. The van der Waals surface area contributed by atoms with Crippen molar-refractivity contribution in [3.63, 3.8) is 0 Å². The van der Waals surface area contributed by atoms with Gasteiger partial charge in [0.1, 0.15) is 23.9 Å². The first-order valence-electron chi connectivity index (χ1n) is 10.9. The molecule has 1 atom stereocenters. The molecular weight excluding hydrogens is 414 g/mol. The van der Waals surface area contributed by atoms with Crippen LogP contribution in [0.5, 0.6) is 5.75 Å². The van der Waals surface area contributed by atoms with E-state index in [1.807, 2.05) is 26.1 Å². The number of halogens is 2. The third-order valence-electron chi connectivity index (χ3n) is 6.04. The zero-order valence-electron chi connectivity index (χ0n) is 18.5. The molecular formula is C24H28F2N4O2. The summed E-state index contributed by atoms with van der Waals surface area (Å²) < 4.78 is 35.7. The molecule has 8 heteroatoms. The number of benzene rings is 1. The first kappa shape index (κ1) is 22.2. The minimum Gasteiger partial charge on any atom is -0.485 e. The molecule has 1 aliphatic rings. The summed E-state index contributed by atoms with van der Waals surface area (Å²) >= 11 is 0. The van der Waals surface area contributed by atoms with Crippen LogP contribution in [0.3, 0.4) is 0 Å². The highest BCUT2D eigenvalue weighted by Crippen LogP contribution is 2.42. The number of fused-ring (bicyclic) bond motifs is 1. The van der Waals surface area contributed by atoms with Gasteiger partial charge in [-0.2, -0.15) is 0 Å². The molecule has 6 nitrogen and oxygen atoms in total. The summed E-state index contributed by atoms with van der Waals surface area (Å²) in [6, 6.07) is 5.56. The van der Waals surface area contributed by atoms with Crippen LogP contribution in [0, 0.1) is 18.6 Å². The fraction of sp³-hybridized carbons (Fsp3) is 0.417. The average Bonchev–Trinajstić information content (AvgIpc) is 3.54. The molecule has 4 rings (SSSR count). The summed E-state index contributed by atoms with van der Waals surface area (Å²) in [4.78, 5) is 17.5. The Bertz CT molecular complexity index is 1150. The van der Waals surface area contributed by atoms with Crippen LogP contribution >= 0.6 is 0 Å². The number of pyridine rings is 1. The number of aryl methyl sites for hydroxylation is 1. The molecule has 0 spiro atoms. The Hall–Kier alpha value is -3.00. The van der Waals surface area contributed by atoms with E-state index in [4.69, 9.17) is 10.5 Å². The summed E-state index contributed by atoms with van der Waals surface area (Å²) in [5, 5.41) is 2.90. The Morgan fingerprint density at radius 3 is 2.66 bits per heavy atom. The minimum atomic E-state index is -0.667.